The predicted octanol–water partition coefficient (Wildman–Crippen LogP) is 0.511. The zero-order chi connectivity index (χ0) is 13.2. The molecule has 1 aromatic heterocycles. The first-order valence-corrected chi connectivity index (χ1v) is 6.89. The van der Waals surface area contributed by atoms with Crippen LogP contribution in [0.4, 0.5) is 5.95 Å². The van der Waals surface area contributed by atoms with E-state index in [0.29, 0.717) is 12.4 Å². The summed E-state index contributed by atoms with van der Waals surface area (Å²) in [6.07, 6.45) is 0. The molecule has 1 N–H and O–H groups in total. The van der Waals surface area contributed by atoms with Gasteiger partial charge in [-0.3, -0.25) is 4.57 Å². The van der Waals surface area contributed by atoms with E-state index in [1.54, 1.807) is 25.5 Å². The van der Waals surface area contributed by atoms with Crippen LogP contribution in [0.2, 0.25) is 0 Å². The van der Waals surface area contributed by atoms with E-state index in [-0.39, 0.29) is 12.0 Å². The van der Waals surface area contributed by atoms with Crippen molar-refractivity contribution >= 4 is 16.2 Å². The monoisotopic (exact) mass is 261 g/mol. The summed E-state index contributed by atoms with van der Waals surface area (Å²) in [7, 11) is -1.87. The van der Waals surface area contributed by atoms with E-state index in [1.807, 2.05) is 13.8 Å². The summed E-state index contributed by atoms with van der Waals surface area (Å²) >= 11 is 0. The standard InChI is InChI=1S/C9H19N5O2S/c1-6-14(7(2)3)17(15,16)12-9-11-10-8(4)13(9)5/h7H,6H2,1-5H3,(H,11,12). The van der Waals surface area contributed by atoms with Gasteiger partial charge in [-0.25, -0.2) is 4.72 Å². The summed E-state index contributed by atoms with van der Waals surface area (Å²) in [5.41, 5.74) is 0. The number of hydrogen-bond donors (Lipinski definition) is 1. The maximum absolute atomic E-state index is 12.1. The zero-order valence-corrected chi connectivity index (χ0v) is 11.6. The maximum atomic E-state index is 12.1. The third-order valence-corrected chi connectivity index (χ3v) is 4.25. The van der Waals surface area contributed by atoms with Crippen LogP contribution >= 0.6 is 0 Å². The van der Waals surface area contributed by atoms with E-state index in [4.69, 9.17) is 0 Å². The first kappa shape index (κ1) is 13.9. The van der Waals surface area contributed by atoms with E-state index in [1.165, 1.54) is 4.31 Å². The topological polar surface area (TPSA) is 80.1 Å². The molecule has 8 heteroatoms. The molecule has 0 unspecified atom stereocenters. The highest BCUT2D eigenvalue weighted by Crippen LogP contribution is 2.11. The molecule has 98 valence electrons. The van der Waals surface area contributed by atoms with Crippen molar-refractivity contribution in [2.24, 2.45) is 7.05 Å². The van der Waals surface area contributed by atoms with Gasteiger partial charge in [-0.05, 0) is 20.8 Å². The average Bonchev–Trinajstić information content (AvgIpc) is 2.49. The molecule has 1 heterocycles. The second kappa shape index (κ2) is 5.01. The fraction of sp³-hybridized carbons (Fsp3) is 0.778. The molecule has 0 saturated carbocycles. The van der Waals surface area contributed by atoms with Crippen molar-refractivity contribution in [1.29, 1.82) is 0 Å². The highest BCUT2D eigenvalue weighted by Gasteiger charge is 2.24. The predicted molar refractivity (Wildman–Crippen MR) is 65.8 cm³/mol. The number of nitrogens with zero attached hydrogens (tertiary/aromatic N) is 4. The Labute approximate surface area is 102 Å². The number of aryl methyl sites for hydroxylation is 1. The fourth-order valence-corrected chi connectivity index (χ4v) is 2.90. The van der Waals surface area contributed by atoms with Crippen molar-refractivity contribution in [3.63, 3.8) is 0 Å². The molecule has 0 aliphatic heterocycles. The van der Waals surface area contributed by atoms with Crippen LogP contribution in [-0.4, -0.2) is 40.1 Å². The molecule has 1 rings (SSSR count). The lowest BCUT2D eigenvalue weighted by Gasteiger charge is -2.24. The Morgan fingerprint density at radius 2 is 2.00 bits per heavy atom. The van der Waals surface area contributed by atoms with Crippen LogP contribution < -0.4 is 4.72 Å². The molecule has 0 fully saturated rings. The molecule has 1 aromatic rings. The van der Waals surface area contributed by atoms with E-state index >= 15 is 0 Å². The van der Waals surface area contributed by atoms with Crippen LogP contribution in [-0.2, 0) is 17.3 Å². The van der Waals surface area contributed by atoms with Gasteiger partial charge in [0.15, 0.2) is 0 Å². The van der Waals surface area contributed by atoms with Gasteiger partial charge >= 0.3 is 10.2 Å². The molecule has 0 saturated heterocycles. The molecule has 0 spiro atoms. The van der Waals surface area contributed by atoms with Gasteiger partial charge in [0.25, 0.3) is 0 Å². The van der Waals surface area contributed by atoms with Gasteiger partial charge in [-0.2, -0.15) is 12.7 Å². The quantitative estimate of drug-likeness (QED) is 0.837. The van der Waals surface area contributed by atoms with Gasteiger partial charge in [-0.15, -0.1) is 10.2 Å². The number of rotatable bonds is 5. The minimum Gasteiger partial charge on any atom is -0.300 e. The summed E-state index contributed by atoms with van der Waals surface area (Å²) in [6.45, 7) is 7.60. The van der Waals surface area contributed by atoms with E-state index in [2.05, 4.69) is 14.9 Å². The van der Waals surface area contributed by atoms with Crippen molar-refractivity contribution in [1.82, 2.24) is 19.1 Å². The molecular formula is C9H19N5O2S. The highest BCUT2D eigenvalue weighted by molar-refractivity contribution is 7.90. The minimum atomic E-state index is -3.57. The minimum absolute atomic E-state index is 0.105. The average molecular weight is 261 g/mol. The molecule has 0 aliphatic rings. The summed E-state index contributed by atoms with van der Waals surface area (Å²) in [5, 5.41) is 7.57. The van der Waals surface area contributed by atoms with Crippen LogP contribution in [0.15, 0.2) is 0 Å². The Morgan fingerprint density at radius 3 is 2.35 bits per heavy atom. The first-order valence-electron chi connectivity index (χ1n) is 5.45. The number of aromatic nitrogens is 3. The van der Waals surface area contributed by atoms with E-state index < -0.39 is 10.2 Å². The molecule has 0 aliphatic carbocycles. The second-order valence-corrected chi connectivity index (χ2v) is 5.66. The Hall–Kier alpha value is -1.15. The molecule has 7 nitrogen and oxygen atoms in total. The van der Waals surface area contributed by atoms with E-state index in [9.17, 15) is 8.42 Å². The van der Waals surface area contributed by atoms with Gasteiger partial charge in [0.05, 0.1) is 0 Å². The lowest BCUT2D eigenvalue weighted by atomic mass is 10.4. The molecule has 0 aromatic carbocycles. The van der Waals surface area contributed by atoms with Crippen LogP contribution in [0.1, 0.15) is 26.6 Å². The van der Waals surface area contributed by atoms with Crippen LogP contribution in [0.5, 0.6) is 0 Å². The largest absolute Gasteiger partial charge is 0.304 e. The van der Waals surface area contributed by atoms with Crippen LogP contribution in [0.25, 0.3) is 0 Å². The molecule has 0 amide bonds. The molecule has 0 atom stereocenters. The Balaban J connectivity index is 2.97. The lowest BCUT2D eigenvalue weighted by molar-refractivity contribution is 0.372. The van der Waals surface area contributed by atoms with Gasteiger partial charge in [0, 0.05) is 19.6 Å². The van der Waals surface area contributed by atoms with Crippen LogP contribution in [0.3, 0.4) is 0 Å². The third-order valence-electron chi connectivity index (χ3n) is 2.51. The molecule has 0 bridgehead atoms. The van der Waals surface area contributed by atoms with Gasteiger partial charge in [0.2, 0.25) is 5.95 Å². The summed E-state index contributed by atoms with van der Waals surface area (Å²) in [6, 6.07) is -0.105. The maximum Gasteiger partial charge on any atom is 0.304 e. The van der Waals surface area contributed by atoms with Crippen LogP contribution in [0, 0.1) is 6.92 Å². The Bertz CT molecular complexity index is 480. The molecule has 0 radical (unpaired) electrons. The summed E-state index contributed by atoms with van der Waals surface area (Å²) in [5.74, 6) is 0.872. The summed E-state index contributed by atoms with van der Waals surface area (Å²) < 4.78 is 29.5. The van der Waals surface area contributed by atoms with Crippen molar-refractivity contribution in [3.8, 4) is 0 Å². The Kier molecular flexibility index (Phi) is 4.10. The van der Waals surface area contributed by atoms with Gasteiger partial charge < -0.3 is 0 Å². The fourth-order valence-electron chi connectivity index (χ4n) is 1.48. The van der Waals surface area contributed by atoms with Crippen molar-refractivity contribution < 1.29 is 8.42 Å². The number of hydrogen-bond acceptors (Lipinski definition) is 4. The van der Waals surface area contributed by atoms with Crippen molar-refractivity contribution in [2.45, 2.75) is 33.7 Å². The first-order chi connectivity index (χ1) is 7.79. The second-order valence-electron chi connectivity index (χ2n) is 4.03. The normalized spacial score (nSPS) is 12.4. The number of nitrogens with one attached hydrogen (secondary N) is 1. The van der Waals surface area contributed by atoms with Crippen molar-refractivity contribution in [3.05, 3.63) is 5.82 Å². The molecular weight excluding hydrogens is 242 g/mol. The third kappa shape index (κ3) is 2.95. The summed E-state index contributed by atoms with van der Waals surface area (Å²) in [4.78, 5) is 0. The van der Waals surface area contributed by atoms with Gasteiger partial charge in [0.1, 0.15) is 5.82 Å². The number of anilines is 1. The lowest BCUT2D eigenvalue weighted by Crippen LogP contribution is -2.40. The highest BCUT2D eigenvalue weighted by atomic mass is 32.2. The molecule has 17 heavy (non-hydrogen) atoms. The smallest absolute Gasteiger partial charge is 0.300 e. The van der Waals surface area contributed by atoms with E-state index in [0.717, 1.165) is 0 Å². The zero-order valence-electron chi connectivity index (χ0n) is 10.8. The van der Waals surface area contributed by atoms with Crippen molar-refractivity contribution in [2.75, 3.05) is 11.3 Å². The Morgan fingerprint density at radius 1 is 1.41 bits per heavy atom. The van der Waals surface area contributed by atoms with Gasteiger partial charge in [-0.1, -0.05) is 6.92 Å². The SMILES string of the molecule is CCN(C(C)C)S(=O)(=O)Nc1nnc(C)n1C.